The number of nitrogens with zero attached hydrogens (tertiary/aromatic N) is 7. The number of carbonyl (C=O) groups is 1. The molecule has 0 fully saturated rings. The van der Waals surface area contributed by atoms with Gasteiger partial charge in [-0.1, -0.05) is 5.92 Å². The highest BCUT2D eigenvalue weighted by atomic mass is 32.2. The topological polar surface area (TPSA) is 172 Å². The van der Waals surface area contributed by atoms with E-state index in [1.165, 1.54) is 23.0 Å². The molecule has 0 saturated heterocycles. The molecule has 13 heteroatoms. The standard InChI is InChI=1S/C17H11N9O3S/c1-10-19-8-12(22-10)17(27)23-14-7-11(13(9-20-14)30(18,28)29)4-5-16-25-24-15-3-2-6-21-26(15)16/h2-3,6-9H,1H3,(H2-,18,20,23,27,28,29)/p+1. The Morgan fingerprint density at radius 2 is 2.13 bits per heavy atom. The number of rotatable bonds is 3. The van der Waals surface area contributed by atoms with Gasteiger partial charge in [0.1, 0.15) is 10.7 Å². The van der Waals surface area contributed by atoms with Gasteiger partial charge in [-0.3, -0.25) is 4.79 Å². The van der Waals surface area contributed by atoms with Gasteiger partial charge in [-0.15, -0.1) is 10.2 Å². The number of pyridine rings is 1. The van der Waals surface area contributed by atoms with Crippen LogP contribution in [0.15, 0.2) is 40.5 Å². The lowest BCUT2D eigenvalue weighted by atomic mass is 10.2. The first-order valence-corrected chi connectivity index (χ1v) is 9.85. The van der Waals surface area contributed by atoms with Gasteiger partial charge in [0.25, 0.3) is 5.71 Å². The number of carbonyl (C=O) groups excluding carboxylic acids is 1. The van der Waals surface area contributed by atoms with Crippen LogP contribution in [0.3, 0.4) is 0 Å². The van der Waals surface area contributed by atoms with Crippen LogP contribution in [0.1, 0.15) is 18.3 Å². The molecule has 4 rings (SSSR count). The number of hydrogen-bond donors (Lipinski definition) is 2. The molecule has 30 heavy (non-hydrogen) atoms. The largest absolute Gasteiger partial charge is 0.387 e. The Hall–Kier alpha value is -4.24. The third-order valence-electron chi connectivity index (χ3n) is 3.79. The van der Waals surface area contributed by atoms with Crippen LogP contribution in [0.25, 0.3) is 5.65 Å². The number of nitrogens with two attached hydrogens (primary N) is 1. The summed E-state index contributed by atoms with van der Waals surface area (Å²) in [6, 6.07) is 4.66. The summed E-state index contributed by atoms with van der Waals surface area (Å²) in [6.45, 7) is 1.65. The van der Waals surface area contributed by atoms with Crippen LogP contribution in [0, 0.1) is 11.8 Å². The molecule has 4 heterocycles. The Balaban J connectivity index is 1.71. The second kappa shape index (κ2) is 7.30. The van der Waals surface area contributed by atoms with Crippen molar-refractivity contribution in [3.8, 4) is 11.8 Å². The van der Waals surface area contributed by atoms with Crippen molar-refractivity contribution in [1.29, 1.82) is 0 Å². The summed E-state index contributed by atoms with van der Waals surface area (Å²) in [4.78, 5) is 19.8. The van der Waals surface area contributed by atoms with E-state index in [0.717, 1.165) is 6.20 Å². The van der Waals surface area contributed by atoms with Gasteiger partial charge in [-0.25, -0.2) is 23.2 Å². The molecular weight excluding hydrogens is 410 g/mol. The zero-order valence-electron chi connectivity index (χ0n) is 15.3. The number of amides is 1. The first-order chi connectivity index (χ1) is 14.3. The molecule has 0 radical (unpaired) electrons. The second-order valence-electron chi connectivity index (χ2n) is 5.93. The van der Waals surface area contributed by atoms with E-state index in [-0.39, 0.29) is 27.8 Å². The summed E-state index contributed by atoms with van der Waals surface area (Å²) in [5.41, 5.74) is 0.584. The molecule has 12 nitrogen and oxygen atoms in total. The van der Waals surface area contributed by atoms with Crippen LogP contribution in [0.4, 0.5) is 5.82 Å². The highest BCUT2D eigenvalue weighted by Crippen LogP contribution is 2.16. The highest BCUT2D eigenvalue weighted by Gasteiger charge is 2.24. The Morgan fingerprint density at radius 3 is 2.87 bits per heavy atom. The fourth-order valence-electron chi connectivity index (χ4n) is 2.46. The first kappa shape index (κ1) is 19.1. The summed E-state index contributed by atoms with van der Waals surface area (Å²) in [7, 11) is -4.12. The van der Waals surface area contributed by atoms with E-state index in [2.05, 4.69) is 47.1 Å². The van der Waals surface area contributed by atoms with Gasteiger partial charge in [0.15, 0.2) is 5.65 Å². The van der Waals surface area contributed by atoms with Gasteiger partial charge in [-0.2, -0.15) is 9.61 Å². The van der Waals surface area contributed by atoms with Crippen molar-refractivity contribution in [3.05, 3.63) is 42.0 Å². The van der Waals surface area contributed by atoms with Crippen molar-refractivity contribution < 1.29 is 13.2 Å². The molecule has 1 aliphatic rings. The van der Waals surface area contributed by atoms with Crippen LogP contribution in [-0.4, -0.2) is 56.9 Å². The van der Waals surface area contributed by atoms with Gasteiger partial charge in [0.05, 0.1) is 18.7 Å². The van der Waals surface area contributed by atoms with Crippen molar-refractivity contribution in [3.63, 3.8) is 0 Å². The lowest BCUT2D eigenvalue weighted by molar-refractivity contribution is -0.110. The van der Waals surface area contributed by atoms with E-state index in [1.807, 2.05) is 0 Å². The molecule has 0 aliphatic carbocycles. The van der Waals surface area contributed by atoms with Crippen LogP contribution in [-0.2, 0) is 14.8 Å². The van der Waals surface area contributed by atoms with E-state index in [4.69, 9.17) is 5.14 Å². The van der Waals surface area contributed by atoms with Gasteiger partial charge in [-0.05, 0) is 29.1 Å². The molecule has 3 aromatic heterocycles. The monoisotopic (exact) mass is 422 g/mol. The van der Waals surface area contributed by atoms with E-state index in [1.54, 1.807) is 19.1 Å². The molecule has 0 aromatic carbocycles. The number of hydrogen-bond acceptors (Lipinski definition) is 8. The minimum absolute atomic E-state index is 0.0141. The van der Waals surface area contributed by atoms with Crippen LogP contribution >= 0.6 is 0 Å². The maximum absolute atomic E-state index is 12.2. The minimum Gasteiger partial charge on any atom is -0.303 e. The zero-order valence-corrected chi connectivity index (χ0v) is 16.1. The molecule has 3 N–H and O–H groups in total. The summed E-state index contributed by atoms with van der Waals surface area (Å²) in [6.07, 6.45) is 3.86. The maximum Gasteiger partial charge on any atom is 0.387 e. The molecule has 0 atom stereocenters. The van der Waals surface area contributed by atoms with Gasteiger partial charge >= 0.3 is 11.7 Å². The lowest BCUT2D eigenvalue weighted by Gasteiger charge is -2.05. The number of fused-ring (bicyclic) bond motifs is 1. The smallest absolute Gasteiger partial charge is 0.303 e. The van der Waals surface area contributed by atoms with Crippen molar-refractivity contribution in [2.75, 3.05) is 5.32 Å². The molecule has 0 unspecified atom stereocenters. The summed E-state index contributed by atoms with van der Waals surface area (Å²) >= 11 is 0. The van der Waals surface area contributed by atoms with Crippen molar-refractivity contribution in [1.82, 2.24) is 29.5 Å². The number of sulfonamides is 1. The first-order valence-electron chi connectivity index (χ1n) is 8.30. The summed E-state index contributed by atoms with van der Waals surface area (Å²) < 4.78 is 29.1. The van der Waals surface area contributed by atoms with Crippen molar-refractivity contribution in [2.45, 2.75) is 11.8 Å². The Labute approximate surface area is 169 Å². The fourth-order valence-corrected chi connectivity index (χ4v) is 3.07. The predicted molar refractivity (Wildman–Crippen MR) is 107 cm³/mol. The second-order valence-corrected chi connectivity index (χ2v) is 7.46. The summed E-state index contributed by atoms with van der Waals surface area (Å²) in [5, 5.41) is 19.7. The quantitative estimate of drug-likeness (QED) is 0.382. The average Bonchev–Trinajstić information content (AvgIpc) is 3.32. The van der Waals surface area contributed by atoms with Crippen LogP contribution < -0.4 is 15.1 Å². The number of amidine groups is 1. The number of anilines is 1. The Bertz CT molecular complexity index is 1470. The zero-order chi connectivity index (χ0) is 21.3. The third-order valence-corrected chi connectivity index (χ3v) is 4.73. The highest BCUT2D eigenvalue weighted by molar-refractivity contribution is 7.89. The lowest BCUT2D eigenvalue weighted by Crippen LogP contribution is -2.24. The molecular formula is C17H12N9O3S+. The Kier molecular flexibility index (Phi) is 4.65. The third kappa shape index (κ3) is 3.82. The number of nitrogens with one attached hydrogen (secondary N) is 1. The number of aliphatic imine (C=N–C) groups is 1. The molecule has 1 aliphatic heterocycles. The van der Waals surface area contributed by atoms with Gasteiger partial charge < -0.3 is 5.32 Å². The molecule has 148 valence electrons. The molecule has 0 spiro atoms. The summed E-state index contributed by atoms with van der Waals surface area (Å²) in [5.74, 6) is 5.52. The average molecular weight is 422 g/mol. The van der Waals surface area contributed by atoms with Crippen LogP contribution in [0.5, 0.6) is 0 Å². The van der Waals surface area contributed by atoms with Crippen molar-refractivity contribution >= 4 is 45.2 Å². The van der Waals surface area contributed by atoms with E-state index in [0.29, 0.717) is 11.5 Å². The van der Waals surface area contributed by atoms with Crippen molar-refractivity contribution in [2.24, 2.45) is 10.1 Å². The SMILES string of the molecule is CC1=[N+]=CC(C(=O)Nc2cc(C#Cc3nnc4cccnn34)c(S(N)(=O)=O)cn2)=N1. The Morgan fingerprint density at radius 1 is 1.30 bits per heavy atom. The van der Waals surface area contributed by atoms with Gasteiger partial charge in [0.2, 0.25) is 22.1 Å². The van der Waals surface area contributed by atoms with E-state index in [9.17, 15) is 13.2 Å². The molecule has 3 aromatic rings. The molecule has 1 amide bonds. The number of aromatic nitrogens is 5. The van der Waals surface area contributed by atoms with E-state index >= 15 is 0 Å². The fraction of sp³-hybridized carbons (Fsp3) is 0.0588. The minimum atomic E-state index is -4.12. The normalized spacial score (nSPS) is 12.9. The van der Waals surface area contributed by atoms with Crippen LogP contribution in [0.2, 0.25) is 0 Å². The predicted octanol–water partition coefficient (Wildman–Crippen LogP) is -1.48. The molecule has 0 bridgehead atoms. The number of primary sulfonamides is 1. The van der Waals surface area contributed by atoms with Gasteiger partial charge in [0, 0.05) is 6.20 Å². The molecule has 0 saturated carbocycles. The maximum atomic E-state index is 12.2. The van der Waals surface area contributed by atoms with E-state index < -0.39 is 15.9 Å².